The zero-order chi connectivity index (χ0) is 19.3. The van der Waals surface area contributed by atoms with Crippen molar-refractivity contribution in [3.63, 3.8) is 0 Å². The fourth-order valence-corrected chi connectivity index (χ4v) is 5.09. The van der Waals surface area contributed by atoms with Crippen molar-refractivity contribution in [1.29, 1.82) is 0 Å². The van der Waals surface area contributed by atoms with E-state index in [-0.39, 0.29) is 23.4 Å². The van der Waals surface area contributed by atoms with Crippen molar-refractivity contribution in [1.82, 2.24) is 4.98 Å². The lowest BCUT2D eigenvalue weighted by Gasteiger charge is -2.35. The molecule has 2 saturated carbocycles. The van der Waals surface area contributed by atoms with E-state index >= 15 is 0 Å². The van der Waals surface area contributed by atoms with Crippen LogP contribution in [0.1, 0.15) is 24.8 Å². The second-order valence-corrected chi connectivity index (χ2v) is 7.61. The van der Waals surface area contributed by atoms with Crippen molar-refractivity contribution in [3.05, 3.63) is 64.5 Å². The zero-order valence-corrected chi connectivity index (χ0v) is 14.9. The first kappa shape index (κ1) is 16.9. The molecule has 1 aliphatic heterocycles. The van der Waals surface area contributed by atoms with Crippen molar-refractivity contribution < 1.29 is 14.6 Å². The number of anilines is 1. The van der Waals surface area contributed by atoms with Crippen LogP contribution in [0.25, 0.3) is 0 Å². The van der Waals surface area contributed by atoms with Crippen molar-refractivity contribution in [2.24, 2.45) is 22.9 Å². The molecule has 4 atom stereocenters. The van der Waals surface area contributed by atoms with Gasteiger partial charge in [-0.2, -0.15) is 0 Å². The number of nitrogens with one attached hydrogen (secondary N) is 1. The standard InChI is InChI=1S/C20H18N4O4/c25-19(22-15-4-1-5-16(10-15)24(26)27)20-14-7-6-12(9-14)17(20)18(23-28-20)13-3-2-8-21-11-13/h1-5,8,10-12,14,17H,6-7,9H2,(H,22,25)/t12-,14+,17-,20-/m1/s1. The Bertz CT molecular complexity index is 993. The number of aromatic nitrogens is 1. The van der Waals surface area contributed by atoms with E-state index in [1.807, 2.05) is 12.1 Å². The third-order valence-corrected chi connectivity index (χ3v) is 6.23. The Morgan fingerprint density at radius 1 is 1.29 bits per heavy atom. The van der Waals surface area contributed by atoms with Crippen LogP contribution < -0.4 is 5.32 Å². The number of fused-ring (bicyclic) bond motifs is 5. The maximum absolute atomic E-state index is 13.4. The van der Waals surface area contributed by atoms with Crippen molar-refractivity contribution >= 4 is 23.0 Å². The molecule has 1 N–H and O–H groups in total. The molecule has 2 heterocycles. The number of nitrogens with zero attached hydrogens (tertiary/aromatic N) is 3. The predicted molar refractivity (Wildman–Crippen MR) is 101 cm³/mol. The molecule has 2 aliphatic carbocycles. The molecule has 8 nitrogen and oxygen atoms in total. The highest BCUT2D eigenvalue weighted by Gasteiger charge is 2.69. The van der Waals surface area contributed by atoms with E-state index in [1.54, 1.807) is 24.5 Å². The van der Waals surface area contributed by atoms with Gasteiger partial charge >= 0.3 is 0 Å². The number of benzene rings is 1. The van der Waals surface area contributed by atoms with Crippen molar-refractivity contribution in [2.45, 2.75) is 24.9 Å². The average molecular weight is 378 g/mol. The number of nitro benzene ring substituents is 1. The van der Waals surface area contributed by atoms with E-state index in [0.717, 1.165) is 30.5 Å². The third-order valence-electron chi connectivity index (χ3n) is 6.23. The highest BCUT2D eigenvalue weighted by atomic mass is 16.7. The summed E-state index contributed by atoms with van der Waals surface area (Å²) in [6.45, 7) is 0. The first-order valence-electron chi connectivity index (χ1n) is 9.32. The van der Waals surface area contributed by atoms with Crippen LogP contribution in [0, 0.1) is 27.9 Å². The molecule has 2 bridgehead atoms. The fraction of sp³-hybridized carbons (Fsp3) is 0.350. The summed E-state index contributed by atoms with van der Waals surface area (Å²) in [4.78, 5) is 34.0. The summed E-state index contributed by atoms with van der Waals surface area (Å²) in [5, 5.41) is 18.2. The molecule has 3 aliphatic rings. The van der Waals surface area contributed by atoms with E-state index < -0.39 is 10.5 Å². The smallest absolute Gasteiger partial charge is 0.272 e. The van der Waals surface area contributed by atoms with Crippen molar-refractivity contribution in [2.75, 3.05) is 5.32 Å². The second-order valence-electron chi connectivity index (χ2n) is 7.61. The van der Waals surface area contributed by atoms with Gasteiger partial charge in [0.25, 0.3) is 11.6 Å². The maximum Gasteiger partial charge on any atom is 0.272 e. The molecule has 2 aromatic rings. The summed E-state index contributed by atoms with van der Waals surface area (Å²) in [5.41, 5.74) is 0.895. The number of hydrogen-bond donors (Lipinski definition) is 1. The van der Waals surface area contributed by atoms with Gasteiger partial charge in [0.05, 0.1) is 16.6 Å². The van der Waals surface area contributed by atoms with Crippen LogP contribution in [0.4, 0.5) is 11.4 Å². The quantitative estimate of drug-likeness (QED) is 0.650. The van der Waals surface area contributed by atoms with Gasteiger partial charge < -0.3 is 10.2 Å². The Hall–Kier alpha value is -3.29. The molecule has 28 heavy (non-hydrogen) atoms. The number of oxime groups is 1. The van der Waals surface area contributed by atoms with E-state index in [9.17, 15) is 14.9 Å². The summed E-state index contributed by atoms with van der Waals surface area (Å²) in [5.74, 6) is 0.00317. The molecule has 2 fully saturated rings. The Kier molecular flexibility index (Phi) is 3.68. The Morgan fingerprint density at radius 3 is 2.96 bits per heavy atom. The Morgan fingerprint density at radius 2 is 2.18 bits per heavy atom. The van der Waals surface area contributed by atoms with E-state index in [0.29, 0.717) is 11.6 Å². The van der Waals surface area contributed by atoms with Gasteiger partial charge in [0.15, 0.2) is 0 Å². The zero-order valence-electron chi connectivity index (χ0n) is 14.9. The lowest BCUT2D eigenvalue weighted by atomic mass is 9.72. The number of nitro groups is 1. The lowest BCUT2D eigenvalue weighted by molar-refractivity contribution is -0.384. The number of non-ortho nitro benzene ring substituents is 1. The van der Waals surface area contributed by atoms with Gasteiger partial charge in [-0.05, 0) is 43.4 Å². The number of pyridine rings is 1. The summed E-state index contributed by atoms with van der Waals surface area (Å²) in [6, 6.07) is 9.71. The molecule has 1 amide bonds. The summed E-state index contributed by atoms with van der Waals surface area (Å²) in [6.07, 6.45) is 6.32. The van der Waals surface area contributed by atoms with Gasteiger partial charge in [0, 0.05) is 41.7 Å². The minimum Gasteiger partial charge on any atom is -0.378 e. The number of rotatable bonds is 4. The molecule has 5 rings (SSSR count). The summed E-state index contributed by atoms with van der Waals surface area (Å²) < 4.78 is 0. The number of hydrogen-bond acceptors (Lipinski definition) is 6. The maximum atomic E-state index is 13.4. The van der Waals surface area contributed by atoms with Gasteiger partial charge in [-0.3, -0.25) is 19.9 Å². The normalized spacial score (nSPS) is 29.7. The van der Waals surface area contributed by atoms with Crippen LogP contribution in [-0.2, 0) is 9.63 Å². The van der Waals surface area contributed by atoms with E-state index in [2.05, 4.69) is 15.5 Å². The van der Waals surface area contributed by atoms with E-state index in [1.165, 1.54) is 12.1 Å². The highest BCUT2D eigenvalue weighted by Crippen LogP contribution is 2.60. The third kappa shape index (κ3) is 2.33. The monoisotopic (exact) mass is 378 g/mol. The number of carbonyl (C=O) groups excluding carboxylic acids is 1. The number of amides is 1. The largest absolute Gasteiger partial charge is 0.378 e. The molecule has 1 aromatic heterocycles. The minimum absolute atomic E-state index is 0.0700. The van der Waals surface area contributed by atoms with Crippen LogP contribution in [0.15, 0.2) is 53.9 Å². The van der Waals surface area contributed by atoms with Gasteiger partial charge in [-0.1, -0.05) is 11.2 Å². The molecule has 0 radical (unpaired) electrons. The van der Waals surface area contributed by atoms with Crippen LogP contribution in [0.2, 0.25) is 0 Å². The highest BCUT2D eigenvalue weighted by molar-refractivity contribution is 6.10. The second kappa shape index (κ2) is 6.12. The summed E-state index contributed by atoms with van der Waals surface area (Å²) in [7, 11) is 0. The molecule has 142 valence electrons. The fourth-order valence-electron chi connectivity index (χ4n) is 5.09. The first-order valence-corrected chi connectivity index (χ1v) is 9.32. The van der Waals surface area contributed by atoms with Gasteiger partial charge in [0.1, 0.15) is 0 Å². The molecule has 0 saturated heterocycles. The predicted octanol–water partition coefficient (Wildman–Crippen LogP) is 3.15. The van der Waals surface area contributed by atoms with Gasteiger partial charge in [0.2, 0.25) is 5.60 Å². The summed E-state index contributed by atoms with van der Waals surface area (Å²) >= 11 is 0. The SMILES string of the molecule is O=C(Nc1cccc([N+](=O)[O-])c1)[C@]12ON=C(c3cccnc3)[C@H]1[C@@H]1CC[C@H]2C1. The minimum atomic E-state index is -1.06. The molecular formula is C20H18N4O4. The van der Waals surface area contributed by atoms with Crippen LogP contribution in [0.5, 0.6) is 0 Å². The van der Waals surface area contributed by atoms with Gasteiger partial charge in [-0.25, -0.2) is 0 Å². The van der Waals surface area contributed by atoms with Crippen LogP contribution in [0.3, 0.4) is 0 Å². The lowest BCUT2D eigenvalue weighted by Crippen LogP contribution is -2.53. The van der Waals surface area contributed by atoms with Crippen LogP contribution >= 0.6 is 0 Å². The molecule has 1 aromatic carbocycles. The topological polar surface area (TPSA) is 107 Å². The van der Waals surface area contributed by atoms with E-state index in [4.69, 9.17) is 4.84 Å². The molecule has 0 spiro atoms. The van der Waals surface area contributed by atoms with Gasteiger partial charge in [-0.15, -0.1) is 0 Å². The Labute approximate surface area is 160 Å². The molecule has 0 unspecified atom stereocenters. The molecule has 8 heteroatoms. The van der Waals surface area contributed by atoms with Crippen LogP contribution in [-0.4, -0.2) is 27.1 Å². The number of carbonyl (C=O) groups is 1. The molecular weight excluding hydrogens is 360 g/mol. The van der Waals surface area contributed by atoms with Crippen molar-refractivity contribution in [3.8, 4) is 0 Å². The first-order chi connectivity index (χ1) is 13.6. The average Bonchev–Trinajstić information content (AvgIpc) is 3.41. The Balaban J connectivity index is 1.47.